The summed E-state index contributed by atoms with van der Waals surface area (Å²) in [5.74, 6) is -1.13. The second-order valence-corrected chi connectivity index (χ2v) is 7.26. The van der Waals surface area contributed by atoms with E-state index in [0.717, 1.165) is 9.87 Å². The number of hydrogen-bond donors (Lipinski definition) is 1. The van der Waals surface area contributed by atoms with Gasteiger partial charge in [0.25, 0.3) is 5.91 Å². The summed E-state index contributed by atoms with van der Waals surface area (Å²) in [5.41, 5.74) is 0.951. The molecule has 1 atom stereocenters. The van der Waals surface area contributed by atoms with E-state index in [1.54, 1.807) is 12.1 Å². The molecule has 0 aliphatic carbocycles. The maximum Gasteiger partial charge on any atom is 0.324 e. The van der Waals surface area contributed by atoms with E-state index in [4.69, 9.17) is 4.74 Å². The average Bonchev–Trinajstić information content (AvgIpc) is 3.03. The molecular weight excluding hydrogens is 320 g/mol. The van der Waals surface area contributed by atoms with Crippen LogP contribution in [-0.2, 0) is 24.3 Å². The average molecular weight is 340 g/mol. The van der Waals surface area contributed by atoms with E-state index in [9.17, 15) is 18.0 Å². The van der Waals surface area contributed by atoms with Crippen LogP contribution in [0.2, 0.25) is 0 Å². The maximum absolute atomic E-state index is 12.7. The number of carbonyl (C=O) groups excluding carboxylic acids is 2. The molecule has 7 nitrogen and oxygen atoms in total. The zero-order chi connectivity index (χ0) is 17.0. The molecule has 1 aromatic rings. The monoisotopic (exact) mass is 340 g/mol. The molecule has 0 spiro atoms. The Morgan fingerprint density at radius 1 is 1.30 bits per heavy atom. The molecule has 23 heavy (non-hydrogen) atoms. The van der Waals surface area contributed by atoms with Crippen LogP contribution >= 0.6 is 0 Å². The quantitative estimate of drug-likeness (QED) is 0.785. The van der Waals surface area contributed by atoms with Crippen molar-refractivity contribution in [2.24, 2.45) is 0 Å². The third-order valence-corrected chi connectivity index (χ3v) is 5.65. The summed E-state index contributed by atoms with van der Waals surface area (Å²) in [5, 5.41) is 2.34. The number of sulfonamides is 1. The summed E-state index contributed by atoms with van der Waals surface area (Å²) in [4.78, 5) is 23.4. The number of aryl methyl sites for hydroxylation is 1. The summed E-state index contributed by atoms with van der Waals surface area (Å²) in [6, 6.07) is 5.58. The predicted octanol–water partition coefficient (Wildman–Crippen LogP) is 0.437. The van der Waals surface area contributed by atoms with Gasteiger partial charge in [-0.2, -0.15) is 4.31 Å². The number of rotatable bonds is 5. The van der Waals surface area contributed by atoms with Gasteiger partial charge in [-0.25, -0.2) is 8.42 Å². The van der Waals surface area contributed by atoms with Crippen molar-refractivity contribution in [1.82, 2.24) is 9.62 Å². The maximum atomic E-state index is 12.7. The van der Waals surface area contributed by atoms with Crippen molar-refractivity contribution in [3.63, 3.8) is 0 Å². The molecule has 1 amide bonds. The largest absolute Gasteiger partial charge is 0.454 e. The summed E-state index contributed by atoms with van der Waals surface area (Å²) in [6.45, 7) is 1.71. The summed E-state index contributed by atoms with van der Waals surface area (Å²) in [7, 11) is -2.33. The normalized spacial score (nSPS) is 18.6. The summed E-state index contributed by atoms with van der Waals surface area (Å²) in [6.07, 6.45) is 0.961. The van der Waals surface area contributed by atoms with Crippen molar-refractivity contribution in [3.05, 3.63) is 29.8 Å². The molecule has 0 saturated carbocycles. The van der Waals surface area contributed by atoms with Gasteiger partial charge in [0, 0.05) is 13.6 Å². The van der Waals surface area contributed by atoms with E-state index in [1.165, 1.54) is 19.2 Å². The number of esters is 1. The molecule has 2 rings (SSSR count). The Morgan fingerprint density at radius 3 is 2.57 bits per heavy atom. The third kappa shape index (κ3) is 3.89. The van der Waals surface area contributed by atoms with Gasteiger partial charge in [-0.05, 0) is 31.9 Å². The second-order valence-electron chi connectivity index (χ2n) is 5.37. The highest BCUT2D eigenvalue weighted by Crippen LogP contribution is 2.27. The molecule has 126 valence electrons. The Hall–Kier alpha value is -1.93. The van der Waals surface area contributed by atoms with Gasteiger partial charge in [-0.15, -0.1) is 0 Å². The molecule has 1 saturated heterocycles. The minimum Gasteiger partial charge on any atom is -0.454 e. The highest BCUT2D eigenvalue weighted by Gasteiger charge is 2.40. The third-order valence-electron chi connectivity index (χ3n) is 3.73. The SMILES string of the molecule is CNC(=O)COC(=O)[C@@H]1CCCN1S(=O)(=O)c1ccc(C)cc1. The molecule has 0 aromatic heterocycles. The molecule has 1 aliphatic rings. The second kappa shape index (κ2) is 7.10. The lowest BCUT2D eigenvalue weighted by molar-refractivity contribution is -0.151. The van der Waals surface area contributed by atoms with Crippen molar-refractivity contribution < 1.29 is 22.7 Å². The molecule has 0 bridgehead atoms. The standard InChI is InChI=1S/C15H20N2O5S/c1-11-5-7-12(8-6-11)23(20,21)17-9-3-4-13(17)15(19)22-10-14(18)16-2/h5-8,13H,3-4,9-10H2,1-2H3,(H,16,18)/t13-/m0/s1. The highest BCUT2D eigenvalue weighted by molar-refractivity contribution is 7.89. The smallest absolute Gasteiger partial charge is 0.324 e. The number of likely N-dealkylation sites (N-methyl/N-ethyl adjacent to an activating group) is 1. The Labute approximate surface area is 135 Å². The first kappa shape index (κ1) is 17.4. The molecule has 1 heterocycles. The predicted molar refractivity (Wildman–Crippen MR) is 83.1 cm³/mol. The van der Waals surface area contributed by atoms with Gasteiger partial charge in [0.2, 0.25) is 10.0 Å². The van der Waals surface area contributed by atoms with E-state index in [2.05, 4.69) is 5.32 Å². The van der Waals surface area contributed by atoms with Crippen LogP contribution in [0.4, 0.5) is 0 Å². The van der Waals surface area contributed by atoms with E-state index >= 15 is 0 Å². The van der Waals surface area contributed by atoms with Crippen LogP contribution in [0.15, 0.2) is 29.2 Å². The van der Waals surface area contributed by atoms with Gasteiger partial charge < -0.3 is 10.1 Å². The van der Waals surface area contributed by atoms with E-state index in [0.29, 0.717) is 12.8 Å². The number of nitrogens with one attached hydrogen (secondary N) is 1. The van der Waals surface area contributed by atoms with Crippen LogP contribution in [0.25, 0.3) is 0 Å². The van der Waals surface area contributed by atoms with E-state index < -0.39 is 34.5 Å². The highest BCUT2D eigenvalue weighted by atomic mass is 32.2. The Kier molecular flexibility index (Phi) is 5.38. The fourth-order valence-electron chi connectivity index (χ4n) is 2.41. The van der Waals surface area contributed by atoms with Crippen LogP contribution in [0, 0.1) is 6.92 Å². The van der Waals surface area contributed by atoms with Gasteiger partial charge in [0.05, 0.1) is 4.90 Å². The summed E-state index contributed by atoms with van der Waals surface area (Å²) >= 11 is 0. The van der Waals surface area contributed by atoms with Gasteiger partial charge in [-0.1, -0.05) is 17.7 Å². The van der Waals surface area contributed by atoms with Crippen LogP contribution in [0.5, 0.6) is 0 Å². The van der Waals surface area contributed by atoms with Gasteiger partial charge in [0.15, 0.2) is 6.61 Å². The van der Waals surface area contributed by atoms with Crippen molar-refractivity contribution in [2.75, 3.05) is 20.2 Å². The number of carbonyl (C=O) groups is 2. The molecule has 1 aliphatic heterocycles. The van der Waals surface area contributed by atoms with Crippen molar-refractivity contribution in [1.29, 1.82) is 0 Å². The topological polar surface area (TPSA) is 92.8 Å². The Morgan fingerprint density at radius 2 is 1.96 bits per heavy atom. The molecule has 0 unspecified atom stereocenters. The van der Waals surface area contributed by atoms with Gasteiger partial charge >= 0.3 is 5.97 Å². The molecular formula is C15H20N2O5S. The Balaban J connectivity index is 2.15. The first-order chi connectivity index (χ1) is 10.9. The van der Waals surface area contributed by atoms with Gasteiger partial charge in [-0.3, -0.25) is 9.59 Å². The summed E-state index contributed by atoms with van der Waals surface area (Å²) < 4.78 is 31.4. The number of nitrogens with zero attached hydrogens (tertiary/aromatic N) is 1. The minimum absolute atomic E-state index is 0.147. The van der Waals surface area contributed by atoms with Crippen LogP contribution < -0.4 is 5.32 Å². The van der Waals surface area contributed by atoms with Crippen LogP contribution in [0.1, 0.15) is 18.4 Å². The van der Waals surface area contributed by atoms with Crippen molar-refractivity contribution in [3.8, 4) is 0 Å². The fraction of sp³-hybridized carbons (Fsp3) is 0.467. The number of ether oxygens (including phenoxy) is 1. The first-order valence-corrected chi connectivity index (χ1v) is 8.76. The van der Waals surface area contributed by atoms with Crippen LogP contribution in [-0.4, -0.2) is 50.8 Å². The van der Waals surface area contributed by atoms with E-state index in [-0.39, 0.29) is 11.4 Å². The first-order valence-electron chi connectivity index (χ1n) is 7.32. The lowest BCUT2D eigenvalue weighted by atomic mass is 10.2. The minimum atomic E-state index is -3.76. The molecule has 1 N–H and O–H groups in total. The molecule has 1 aromatic carbocycles. The fourth-order valence-corrected chi connectivity index (χ4v) is 4.06. The van der Waals surface area contributed by atoms with E-state index in [1.807, 2.05) is 6.92 Å². The zero-order valence-corrected chi connectivity index (χ0v) is 13.9. The van der Waals surface area contributed by atoms with Crippen LogP contribution in [0.3, 0.4) is 0 Å². The van der Waals surface area contributed by atoms with Crippen molar-refractivity contribution in [2.45, 2.75) is 30.7 Å². The number of hydrogen-bond acceptors (Lipinski definition) is 5. The van der Waals surface area contributed by atoms with Crippen molar-refractivity contribution >= 4 is 21.9 Å². The molecule has 0 radical (unpaired) electrons. The number of benzene rings is 1. The molecule has 8 heteroatoms. The lowest BCUT2D eigenvalue weighted by Gasteiger charge is -2.22. The van der Waals surface area contributed by atoms with Gasteiger partial charge in [0.1, 0.15) is 6.04 Å². The zero-order valence-electron chi connectivity index (χ0n) is 13.1. The molecule has 1 fully saturated rings. The lowest BCUT2D eigenvalue weighted by Crippen LogP contribution is -2.42. The Bertz CT molecular complexity index is 684. The number of amides is 1.